The van der Waals surface area contributed by atoms with Crippen molar-refractivity contribution in [1.82, 2.24) is 0 Å². The summed E-state index contributed by atoms with van der Waals surface area (Å²) in [7, 11) is 0. The van der Waals surface area contributed by atoms with Crippen LogP contribution in [0.4, 0.5) is 23.2 Å². The number of rotatable bonds is 2. The zero-order chi connectivity index (χ0) is 13.7. The van der Waals surface area contributed by atoms with Crippen molar-refractivity contribution in [1.29, 1.82) is 0 Å². The summed E-state index contributed by atoms with van der Waals surface area (Å²) in [5, 5.41) is 10.4. The molecule has 0 spiro atoms. The highest BCUT2D eigenvalue weighted by Crippen LogP contribution is 2.50. The van der Waals surface area contributed by atoms with Gasteiger partial charge in [0.2, 0.25) is 5.82 Å². The maximum Gasteiger partial charge on any atom is 0.307 e. The second-order valence-corrected chi connectivity index (χ2v) is 4.41. The normalized spacial score (nSPS) is 20.3. The summed E-state index contributed by atoms with van der Waals surface area (Å²) in [6.07, 6.45) is -1.62. The average molecular weight is 264 g/mol. The smallest absolute Gasteiger partial charge is 0.307 e. The molecule has 1 fully saturated rings. The van der Waals surface area contributed by atoms with E-state index in [1.165, 1.54) is 0 Å². The lowest BCUT2D eigenvalue weighted by atomic mass is 9.69. The van der Waals surface area contributed by atoms with Gasteiger partial charge >= 0.3 is 5.69 Å². The number of hydrogen-bond acceptors (Lipinski definition) is 3. The van der Waals surface area contributed by atoms with Crippen molar-refractivity contribution in [2.24, 2.45) is 5.73 Å². The Morgan fingerprint density at radius 3 is 2.22 bits per heavy atom. The minimum absolute atomic E-state index is 0.357. The van der Waals surface area contributed by atoms with Crippen LogP contribution < -0.4 is 5.73 Å². The second kappa shape index (κ2) is 3.64. The summed E-state index contributed by atoms with van der Waals surface area (Å²) in [6, 6.07) is 0.873. The fourth-order valence-electron chi connectivity index (χ4n) is 2.12. The molecule has 0 aliphatic heterocycles. The molecule has 8 heteroatoms. The van der Waals surface area contributed by atoms with Gasteiger partial charge in [-0.2, -0.15) is 4.39 Å². The third-order valence-corrected chi connectivity index (χ3v) is 2.92. The third-order valence-electron chi connectivity index (χ3n) is 2.92. The van der Waals surface area contributed by atoms with Crippen molar-refractivity contribution in [3.8, 4) is 0 Å². The van der Waals surface area contributed by atoms with E-state index in [0.717, 1.165) is 0 Å². The van der Waals surface area contributed by atoms with Crippen LogP contribution in [0.3, 0.4) is 0 Å². The molecule has 0 atom stereocenters. The predicted octanol–water partition coefficient (Wildman–Crippen LogP) is 2.46. The van der Waals surface area contributed by atoms with Gasteiger partial charge in [-0.15, -0.1) is 0 Å². The fraction of sp³-hybridized carbons (Fsp3) is 0.400. The van der Waals surface area contributed by atoms with Crippen LogP contribution in [-0.2, 0) is 5.54 Å². The number of halogens is 4. The summed E-state index contributed by atoms with van der Waals surface area (Å²) >= 11 is 0. The number of nitro benzene ring substituents is 1. The van der Waals surface area contributed by atoms with Gasteiger partial charge in [0.05, 0.1) is 16.5 Å². The molecule has 1 aromatic carbocycles. The monoisotopic (exact) mass is 264 g/mol. The van der Waals surface area contributed by atoms with Gasteiger partial charge in [0.1, 0.15) is 5.82 Å². The Kier molecular flexibility index (Phi) is 2.58. The molecule has 0 unspecified atom stereocenters. The van der Waals surface area contributed by atoms with E-state index in [4.69, 9.17) is 5.73 Å². The third kappa shape index (κ3) is 1.92. The second-order valence-electron chi connectivity index (χ2n) is 4.41. The van der Waals surface area contributed by atoms with Crippen LogP contribution in [0.2, 0.25) is 0 Å². The predicted molar refractivity (Wildman–Crippen MR) is 53.1 cm³/mol. The summed E-state index contributed by atoms with van der Waals surface area (Å²) in [6.45, 7) is 0. The fourth-order valence-corrected chi connectivity index (χ4v) is 2.12. The van der Waals surface area contributed by atoms with Crippen molar-refractivity contribution in [2.45, 2.75) is 24.3 Å². The minimum Gasteiger partial charge on any atom is -0.321 e. The number of nitrogens with two attached hydrogens (primary N) is 1. The van der Waals surface area contributed by atoms with Crippen LogP contribution in [0.15, 0.2) is 12.1 Å². The van der Waals surface area contributed by atoms with E-state index in [1.54, 1.807) is 0 Å². The molecular formula is C10H8F4N2O2. The lowest BCUT2D eigenvalue weighted by molar-refractivity contribution is -0.387. The molecular weight excluding hydrogens is 256 g/mol. The van der Waals surface area contributed by atoms with Gasteiger partial charge < -0.3 is 5.73 Å². The molecule has 1 aromatic rings. The number of hydrogen-bond donors (Lipinski definition) is 1. The van der Waals surface area contributed by atoms with Gasteiger partial charge in [0, 0.05) is 18.4 Å². The standard InChI is InChI=1S/C10H8F4N2O2/c11-6-2-8(16(17)18)7(12)1-5(6)9(15)3-10(13,14)4-9/h1-2H,3-4,15H2. The van der Waals surface area contributed by atoms with E-state index >= 15 is 0 Å². The maximum atomic E-state index is 13.6. The zero-order valence-corrected chi connectivity index (χ0v) is 8.92. The summed E-state index contributed by atoms with van der Waals surface area (Å²) < 4.78 is 52.4. The molecule has 2 N–H and O–H groups in total. The van der Waals surface area contributed by atoms with E-state index in [9.17, 15) is 27.7 Å². The van der Waals surface area contributed by atoms with E-state index in [1.807, 2.05) is 0 Å². The Hall–Kier alpha value is -1.70. The summed E-state index contributed by atoms with van der Waals surface area (Å²) in [4.78, 5) is 9.27. The van der Waals surface area contributed by atoms with Crippen LogP contribution in [0.1, 0.15) is 18.4 Å². The Labute approximate surface area is 98.5 Å². The first-order valence-corrected chi connectivity index (χ1v) is 4.95. The molecule has 98 valence electrons. The zero-order valence-electron chi connectivity index (χ0n) is 8.92. The highest BCUT2D eigenvalue weighted by Gasteiger charge is 2.56. The molecule has 0 aromatic heterocycles. The van der Waals surface area contributed by atoms with Gasteiger partial charge in [-0.3, -0.25) is 10.1 Å². The Morgan fingerprint density at radius 1 is 1.22 bits per heavy atom. The van der Waals surface area contributed by atoms with Gasteiger partial charge in [0.15, 0.2) is 0 Å². The van der Waals surface area contributed by atoms with E-state index in [2.05, 4.69) is 0 Å². The average Bonchev–Trinajstić information content (AvgIpc) is 2.17. The minimum atomic E-state index is -3.01. The molecule has 0 amide bonds. The lowest BCUT2D eigenvalue weighted by Gasteiger charge is -2.44. The first-order chi connectivity index (χ1) is 8.15. The van der Waals surface area contributed by atoms with Crippen molar-refractivity contribution in [2.75, 3.05) is 0 Å². The van der Waals surface area contributed by atoms with E-state index in [-0.39, 0.29) is 0 Å². The number of nitrogens with zero attached hydrogens (tertiary/aromatic N) is 1. The van der Waals surface area contributed by atoms with Gasteiger partial charge in [-0.1, -0.05) is 0 Å². The molecule has 1 saturated carbocycles. The molecule has 0 saturated heterocycles. The topological polar surface area (TPSA) is 69.2 Å². The molecule has 1 aliphatic rings. The molecule has 4 nitrogen and oxygen atoms in total. The van der Waals surface area contributed by atoms with Crippen LogP contribution in [-0.4, -0.2) is 10.8 Å². The highest BCUT2D eigenvalue weighted by atomic mass is 19.3. The van der Waals surface area contributed by atoms with Crippen LogP contribution in [0.25, 0.3) is 0 Å². The van der Waals surface area contributed by atoms with E-state index in [0.29, 0.717) is 12.1 Å². The first-order valence-electron chi connectivity index (χ1n) is 4.95. The number of alkyl halides is 2. The molecule has 0 bridgehead atoms. The van der Waals surface area contributed by atoms with Crippen molar-refractivity contribution in [3.05, 3.63) is 39.4 Å². The largest absolute Gasteiger partial charge is 0.321 e. The van der Waals surface area contributed by atoms with Crippen LogP contribution >= 0.6 is 0 Å². The highest BCUT2D eigenvalue weighted by molar-refractivity contribution is 5.40. The Balaban J connectivity index is 2.42. The summed E-state index contributed by atoms with van der Waals surface area (Å²) in [5.74, 6) is -5.46. The molecule has 0 radical (unpaired) electrons. The SMILES string of the molecule is NC1(c2cc(F)c([N+](=O)[O-])cc2F)CC(F)(F)C1. The van der Waals surface area contributed by atoms with Crippen LogP contribution in [0.5, 0.6) is 0 Å². The van der Waals surface area contributed by atoms with Crippen molar-refractivity contribution in [3.63, 3.8) is 0 Å². The molecule has 0 heterocycles. The molecule has 1 aliphatic carbocycles. The first kappa shape index (κ1) is 12.7. The van der Waals surface area contributed by atoms with Gasteiger partial charge in [-0.25, -0.2) is 13.2 Å². The quantitative estimate of drug-likeness (QED) is 0.506. The lowest BCUT2D eigenvalue weighted by Crippen LogP contribution is -2.56. The van der Waals surface area contributed by atoms with E-state index < -0.39 is 52.1 Å². The van der Waals surface area contributed by atoms with Crippen molar-refractivity contribution < 1.29 is 22.5 Å². The number of benzene rings is 1. The summed E-state index contributed by atoms with van der Waals surface area (Å²) in [5.41, 5.74) is 2.35. The molecule has 2 rings (SSSR count). The Bertz CT molecular complexity index is 525. The van der Waals surface area contributed by atoms with Crippen LogP contribution in [0, 0.1) is 21.7 Å². The number of nitro groups is 1. The van der Waals surface area contributed by atoms with Gasteiger partial charge in [0.25, 0.3) is 5.92 Å². The molecule has 18 heavy (non-hydrogen) atoms. The van der Waals surface area contributed by atoms with Crippen molar-refractivity contribution >= 4 is 5.69 Å². The maximum absolute atomic E-state index is 13.6. The van der Waals surface area contributed by atoms with Gasteiger partial charge in [-0.05, 0) is 6.07 Å². The Morgan fingerprint density at radius 2 is 1.78 bits per heavy atom.